The Morgan fingerprint density at radius 2 is 1.98 bits per heavy atom. The number of ether oxygens (including phenoxy) is 3. The van der Waals surface area contributed by atoms with Crippen LogP contribution in [0.25, 0.3) is 16.9 Å². The molecular weight excluding hydrogens is 542 g/mol. The van der Waals surface area contributed by atoms with Gasteiger partial charge in [-0.25, -0.2) is 14.1 Å². The number of benzene rings is 1. The molecule has 1 aromatic carbocycles. The third kappa shape index (κ3) is 5.49. The third-order valence-corrected chi connectivity index (χ3v) is 6.86. The molecule has 2 N–H and O–H groups in total. The highest BCUT2D eigenvalue weighted by atomic mass is 35.5. The zero-order valence-electron chi connectivity index (χ0n) is 22.1. The van der Waals surface area contributed by atoms with Gasteiger partial charge in [-0.1, -0.05) is 23.7 Å². The molecule has 1 aliphatic heterocycles. The van der Waals surface area contributed by atoms with Crippen molar-refractivity contribution in [2.75, 3.05) is 57.8 Å². The van der Waals surface area contributed by atoms with E-state index in [1.807, 2.05) is 25.1 Å². The lowest BCUT2D eigenvalue weighted by Crippen LogP contribution is -2.51. The van der Waals surface area contributed by atoms with E-state index >= 15 is 0 Å². The van der Waals surface area contributed by atoms with Crippen LogP contribution in [0.4, 0.5) is 16.2 Å². The first kappa shape index (κ1) is 27.1. The Morgan fingerprint density at radius 3 is 2.75 bits per heavy atom. The van der Waals surface area contributed by atoms with Gasteiger partial charge in [-0.05, 0) is 29.8 Å². The van der Waals surface area contributed by atoms with Crippen molar-refractivity contribution >= 4 is 40.6 Å². The van der Waals surface area contributed by atoms with Crippen LogP contribution in [0.5, 0.6) is 0 Å². The van der Waals surface area contributed by atoms with Crippen LogP contribution in [0, 0.1) is 6.92 Å². The van der Waals surface area contributed by atoms with Gasteiger partial charge in [-0.2, -0.15) is 9.90 Å². The molecule has 1 saturated heterocycles. The number of aryl methyl sites for hydroxylation is 1. The van der Waals surface area contributed by atoms with Gasteiger partial charge in [0.05, 0.1) is 43.7 Å². The van der Waals surface area contributed by atoms with Crippen molar-refractivity contribution in [3.05, 3.63) is 52.8 Å². The first-order chi connectivity index (χ1) is 19.4. The number of likely N-dealkylation sites (tertiary alicyclic amines) is 1. The lowest BCUT2D eigenvalue weighted by molar-refractivity contribution is 0.0535. The lowest BCUT2D eigenvalue weighted by atomic mass is 10.1. The third-order valence-electron chi connectivity index (χ3n) is 6.48. The van der Waals surface area contributed by atoms with Crippen LogP contribution in [-0.2, 0) is 14.2 Å². The Labute approximate surface area is 234 Å². The molecule has 4 aromatic rings. The minimum atomic E-state index is -0.571. The van der Waals surface area contributed by atoms with E-state index in [0.717, 1.165) is 16.8 Å². The molecule has 0 saturated carbocycles. The number of fused-ring (bicyclic) bond motifs is 1. The maximum atomic E-state index is 12.9. The number of pyridine rings is 1. The number of tetrazole rings is 1. The number of aromatic nitrogens is 6. The maximum Gasteiger partial charge on any atom is 0.409 e. The van der Waals surface area contributed by atoms with Gasteiger partial charge in [0.15, 0.2) is 6.73 Å². The molecule has 0 unspecified atom stereocenters. The summed E-state index contributed by atoms with van der Waals surface area (Å²) in [7, 11) is 2.96. The van der Waals surface area contributed by atoms with Crippen LogP contribution < -0.4 is 10.6 Å². The van der Waals surface area contributed by atoms with E-state index in [-0.39, 0.29) is 24.4 Å². The molecule has 4 heterocycles. The van der Waals surface area contributed by atoms with Crippen molar-refractivity contribution in [2.24, 2.45) is 0 Å². The van der Waals surface area contributed by atoms with Crippen molar-refractivity contribution < 1.29 is 23.8 Å². The van der Waals surface area contributed by atoms with Crippen molar-refractivity contribution in [3.63, 3.8) is 0 Å². The first-order valence-electron chi connectivity index (χ1n) is 12.4. The minimum Gasteiger partial charge on any atom is -0.453 e. The molecule has 3 aromatic heterocycles. The maximum absolute atomic E-state index is 12.9. The molecule has 0 aliphatic carbocycles. The van der Waals surface area contributed by atoms with E-state index in [2.05, 4.69) is 31.1 Å². The van der Waals surface area contributed by atoms with Gasteiger partial charge in [-0.15, -0.1) is 10.2 Å². The average Bonchev–Trinajstić information content (AvgIpc) is 3.58. The standard InChI is InChI=1S/C25H28ClN9O5/c1-15-4-5-16(23-30-32-35(31-23)17-12-33(13-17)25(37)39-3)10-20(15)28-14-40-24(36)18-11-29-34-8-6-19(21(26)22(18)34)27-7-9-38-2/h4-6,8,10-11,17,27-28H,7,9,12-14H2,1-3H3. The zero-order valence-corrected chi connectivity index (χ0v) is 22.9. The van der Waals surface area contributed by atoms with Gasteiger partial charge in [0, 0.05) is 31.1 Å². The molecule has 0 radical (unpaired) electrons. The van der Waals surface area contributed by atoms with E-state index in [4.69, 9.17) is 25.8 Å². The number of hydrogen-bond donors (Lipinski definition) is 2. The summed E-state index contributed by atoms with van der Waals surface area (Å²) in [6.45, 7) is 3.82. The van der Waals surface area contributed by atoms with Gasteiger partial charge in [0.25, 0.3) is 0 Å². The summed E-state index contributed by atoms with van der Waals surface area (Å²) in [6, 6.07) is 7.37. The number of nitrogens with zero attached hydrogens (tertiary/aromatic N) is 7. The SMILES string of the molecule is COCCNc1ccn2ncc(C(=O)OCNc3cc(-c4nnn(C5CN(C(=O)OC)C5)n4)ccc3C)c2c1Cl. The van der Waals surface area contributed by atoms with Gasteiger partial charge in [0.2, 0.25) is 5.82 Å². The number of carbonyl (C=O) groups excluding carboxylic acids is 2. The zero-order chi connectivity index (χ0) is 28.2. The summed E-state index contributed by atoms with van der Waals surface area (Å²) in [4.78, 5) is 27.6. The topological polar surface area (TPSA) is 150 Å². The van der Waals surface area contributed by atoms with E-state index in [9.17, 15) is 9.59 Å². The van der Waals surface area contributed by atoms with Gasteiger partial charge >= 0.3 is 12.1 Å². The largest absolute Gasteiger partial charge is 0.453 e. The Kier molecular flexibility index (Phi) is 7.98. The molecule has 0 spiro atoms. The molecule has 1 amide bonds. The minimum absolute atomic E-state index is 0.0616. The second-order valence-electron chi connectivity index (χ2n) is 9.06. The molecule has 0 atom stereocenters. The van der Waals surface area contributed by atoms with E-state index in [1.165, 1.54) is 22.6 Å². The van der Waals surface area contributed by atoms with Gasteiger partial charge in [-0.3, -0.25) is 0 Å². The molecule has 40 heavy (non-hydrogen) atoms. The number of anilines is 2. The quantitative estimate of drug-likeness (QED) is 0.165. The predicted molar refractivity (Wildman–Crippen MR) is 145 cm³/mol. The number of amides is 1. The molecule has 14 nitrogen and oxygen atoms in total. The highest BCUT2D eigenvalue weighted by Crippen LogP contribution is 2.30. The van der Waals surface area contributed by atoms with Crippen LogP contribution in [0.1, 0.15) is 22.0 Å². The van der Waals surface area contributed by atoms with E-state index in [0.29, 0.717) is 48.3 Å². The van der Waals surface area contributed by atoms with Gasteiger partial charge in [0.1, 0.15) is 17.1 Å². The van der Waals surface area contributed by atoms with Crippen molar-refractivity contribution in [1.29, 1.82) is 0 Å². The van der Waals surface area contributed by atoms with E-state index < -0.39 is 5.97 Å². The Bertz CT molecular complexity index is 1530. The molecule has 0 bridgehead atoms. The van der Waals surface area contributed by atoms with Crippen molar-refractivity contribution in [1.82, 2.24) is 34.7 Å². The lowest BCUT2D eigenvalue weighted by Gasteiger charge is -2.36. The second kappa shape index (κ2) is 11.8. The normalized spacial score (nSPS) is 13.2. The Balaban J connectivity index is 1.22. The summed E-state index contributed by atoms with van der Waals surface area (Å²) in [6.07, 6.45) is 2.76. The summed E-state index contributed by atoms with van der Waals surface area (Å²) >= 11 is 6.57. The Morgan fingerprint density at radius 1 is 1.15 bits per heavy atom. The summed E-state index contributed by atoms with van der Waals surface area (Å²) in [5.41, 5.74) is 3.76. The first-order valence-corrected chi connectivity index (χ1v) is 12.8. The fourth-order valence-electron chi connectivity index (χ4n) is 4.20. The van der Waals surface area contributed by atoms with Crippen LogP contribution in [0.3, 0.4) is 0 Å². The number of carbonyl (C=O) groups is 2. The smallest absolute Gasteiger partial charge is 0.409 e. The number of esters is 1. The fraction of sp³-hybridized carbons (Fsp3) is 0.360. The van der Waals surface area contributed by atoms with Crippen LogP contribution in [-0.4, -0.2) is 94.0 Å². The van der Waals surface area contributed by atoms with Gasteiger partial charge < -0.3 is 29.7 Å². The number of methoxy groups -OCH3 is 2. The number of hydrogen-bond acceptors (Lipinski definition) is 11. The molecule has 15 heteroatoms. The van der Waals surface area contributed by atoms with Crippen LogP contribution >= 0.6 is 11.6 Å². The van der Waals surface area contributed by atoms with Crippen molar-refractivity contribution in [2.45, 2.75) is 13.0 Å². The summed E-state index contributed by atoms with van der Waals surface area (Å²) in [5, 5.41) is 23.7. The summed E-state index contributed by atoms with van der Waals surface area (Å²) < 4.78 is 16.8. The molecule has 5 rings (SSSR count). The fourth-order valence-corrected chi connectivity index (χ4v) is 4.52. The number of rotatable bonds is 10. The van der Waals surface area contributed by atoms with Crippen molar-refractivity contribution in [3.8, 4) is 11.4 Å². The van der Waals surface area contributed by atoms with E-state index in [1.54, 1.807) is 24.3 Å². The number of halogens is 1. The molecule has 210 valence electrons. The van der Waals surface area contributed by atoms with Crippen LogP contribution in [0.2, 0.25) is 5.02 Å². The number of nitrogens with one attached hydrogen (secondary N) is 2. The highest BCUT2D eigenvalue weighted by Gasteiger charge is 2.34. The second-order valence-corrected chi connectivity index (χ2v) is 9.44. The molecular formula is C25H28ClN9O5. The predicted octanol–water partition coefficient (Wildman–Crippen LogP) is 2.86. The van der Waals surface area contributed by atoms with Crippen LogP contribution in [0.15, 0.2) is 36.7 Å². The summed E-state index contributed by atoms with van der Waals surface area (Å²) in [5.74, 6) is -0.133. The average molecular weight is 570 g/mol. The Hall–Kier alpha value is -4.43. The molecule has 1 aliphatic rings. The monoisotopic (exact) mass is 569 g/mol. The molecule has 1 fully saturated rings. The highest BCUT2D eigenvalue weighted by molar-refractivity contribution is 6.37.